The number of carboxylic acids is 1. The van der Waals surface area contributed by atoms with Crippen molar-refractivity contribution in [2.75, 3.05) is 6.26 Å². The van der Waals surface area contributed by atoms with E-state index < -0.39 is 15.8 Å². The highest BCUT2D eigenvalue weighted by Gasteiger charge is 2.23. The number of aromatic nitrogens is 1. The van der Waals surface area contributed by atoms with Gasteiger partial charge < -0.3 is 5.11 Å². The molecular formula is C6H7NO4S2. The van der Waals surface area contributed by atoms with E-state index in [0.29, 0.717) is 5.01 Å². The third kappa shape index (κ3) is 2.04. The first-order valence-corrected chi connectivity index (χ1v) is 5.94. The molecule has 1 rings (SSSR count). The van der Waals surface area contributed by atoms with Crippen LogP contribution in [0.15, 0.2) is 5.03 Å². The minimum Gasteiger partial charge on any atom is -0.477 e. The van der Waals surface area contributed by atoms with Gasteiger partial charge in [0.15, 0.2) is 19.7 Å². The molecule has 0 atom stereocenters. The summed E-state index contributed by atoms with van der Waals surface area (Å²) in [6, 6.07) is 0. The first-order chi connectivity index (χ1) is 5.82. The molecule has 72 valence electrons. The summed E-state index contributed by atoms with van der Waals surface area (Å²) in [6.45, 7) is 1.56. The Hall–Kier alpha value is -0.950. The summed E-state index contributed by atoms with van der Waals surface area (Å²) in [4.78, 5) is 14.0. The Labute approximate surface area is 79.0 Å². The van der Waals surface area contributed by atoms with Crippen molar-refractivity contribution in [3.8, 4) is 0 Å². The van der Waals surface area contributed by atoms with Crippen molar-refractivity contribution in [3.63, 3.8) is 0 Å². The normalized spacial score (nSPS) is 11.5. The highest BCUT2D eigenvalue weighted by atomic mass is 32.2. The smallest absolute Gasteiger partial charge is 0.348 e. The van der Waals surface area contributed by atoms with Crippen LogP contribution in [0.2, 0.25) is 0 Å². The highest BCUT2D eigenvalue weighted by Crippen LogP contribution is 2.21. The van der Waals surface area contributed by atoms with E-state index in [0.717, 1.165) is 17.6 Å². The summed E-state index contributed by atoms with van der Waals surface area (Å²) >= 11 is 0.860. The molecule has 5 nitrogen and oxygen atoms in total. The first kappa shape index (κ1) is 10.1. The van der Waals surface area contributed by atoms with Crippen molar-refractivity contribution in [1.29, 1.82) is 0 Å². The lowest BCUT2D eigenvalue weighted by Gasteiger charge is -1.92. The molecule has 0 amide bonds. The van der Waals surface area contributed by atoms with Gasteiger partial charge in [0, 0.05) is 6.26 Å². The molecule has 0 bridgehead atoms. The Kier molecular flexibility index (Phi) is 2.40. The molecule has 7 heteroatoms. The van der Waals surface area contributed by atoms with Crippen LogP contribution in [0.25, 0.3) is 0 Å². The summed E-state index contributed by atoms with van der Waals surface area (Å²) < 4.78 is 22.1. The zero-order chi connectivity index (χ0) is 10.2. The number of thiazole rings is 1. The molecule has 0 spiro atoms. The van der Waals surface area contributed by atoms with Crippen LogP contribution in [-0.2, 0) is 9.84 Å². The molecular weight excluding hydrogens is 214 g/mol. The molecule has 1 aromatic rings. The maximum absolute atomic E-state index is 11.1. The Morgan fingerprint density at radius 1 is 1.54 bits per heavy atom. The fraction of sp³-hybridized carbons (Fsp3) is 0.333. The number of hydrogen-bond acceptors (Lipinski definition) is 5. The lowest BCUT2D eigenvalue weighted by molar-refractivity contribution is 0.0697. The van der Waals surface area contributed by atoms with Gasteiger partial charge in [-0.1, -0.05) is 0 Å². The Balaban J connectivity index is 3.46. The number of carboxylic acid groups (broad SMARTS) is 1. The minimum absolute atomic E-state index is 0.222. The first-order valence-electron chi connectivity index (χ1n) is 3.23. The topological polar surface area (TPSA) is 84.3 Å². The van der Waals surface area contributed by atoms with Crippen LogP contribution in [0.3, 0.4) is 0 Å². The van der Waals surface area contributed by atoms with E-state index in [4.69, 9.17) is 5.11 Å². The number of hydrogen-bond donors (Lipinski definition) is 1. The molecule has 13 heavy (non-hydrogen) atoms. The Bertz CT molecular complexity index is 445. The summed E-state index contributed by atoms with van der Waals surface area (Å²) in [5.41, 5.74) is 0. The largest absolute Gasteiger partial charge is 0.477 e. The molecule has 0 unspecified atom stereocenters. The van der Waals surface area contributed by atoms with Crippen LogP contribution < -0.4 is 0 Å². The Morgan fingerprint density at radius 3 is 2.38 bits per heavy atom. The predicted octanol–water partition coefficient (Wildman–Crippen LogP) is 0.553. The molecule has 0 aliphatic heterocycles. The molecule has 1 N–H and O–H groups in total. The van der Waals surface area contributed by atoms with Crippen molar-refractivity contribution >= 4 is 27.1 Å². The SMILES string of the molecule is Cc1nc(S(C)(=O)=O)c(C(=O)O)s1. The lowest BCUT2D eigenvalue weighted by Crippen LogP contribution is -2.05. The third-order valence-electron chi connectivity index (χ3n) is 1.25. The van der Waals surface area contributed by atoms with E-state index >= 15 is 0 Å². The van der Waals surface area contributed by atoms with Crippen molar-refractivity contribution < 1.29 is 18.3 Å². The summed E-state index contributed by atoms with van der Waals surface area (Å²) in [6.07, 6.45) is 0.938. The van der Waals surface area contributed by atoms with Gasteiger partial charge in [-0.25, -0.2) is 18.2 Å². The zero-order valence-electron chi connectivity index (χ0n) is 6.94. The van der Waals surface area contributed by atoms with Crippen molar-refractivity contribution in [3.05, 3.63) is 9.88 Å². The maximum atomic E-state index is 11.1. The third-order valence-corrected chi connectivity index (χ3v) is 3.33. The van der Waals surface area contributed by atoms with E-state index in [1.807, 2.05) is 0 Å². The molecule has 1 aromatic heterocycles. The van der Waals surface area contributed by atoms with E-state index in [1.165, 1.54) is 0 Å². The quantitative estimate of drug-likeness (QED) is 0.788. The number of aromatic carboxylic acids is 1. The Morgan fingerprint density at radius 2 is 2.08 bits per heavy atom. The lowest BCUT2D eigenvalue weighted by atomic mass is 10.6. The monoisotopic (exact) mass is 221 g/mol. The minimum atomic E-state index is -3.54. The highest BCUT2D eigenvalue weighted by molar-refractivity contribution is 7.90. The number of sulfone groups is 1. The molecule has 0 fully saturated rings. The van der Waals surface area contributed by atoms with Crippen molar-refractivity contribution in [1.82, 2.24) is 4.98 Å². The fourth-order valence-corrected chi connectivity index (χ4v) is 2.81. The van der Waals surface area contributed by atoms with Crippen LogP contribution in [-0.4, -0.2) is 30.7 Å². The zero-order valence-corrected chi connectivity index (χ0v) is 8.57. The summed E-state index contributed by atoms with van der Waals surface area (Å²) in [5.74, 6) is -1.26. The van der Waals surface area contributed by atoms with E-state index in [9.17, 15) is 13.2 Å². The van der Waals surface area contributed by atoms with Gasteiger partial charge in [-0.2, -0.15) is 0 Å². The average molecular weight is 221 g/mol. The summed E-state index contributed by atoms with van der Waals surface area (Å²) in [7, 11) is -3.54. The second-order valence-corrected chi connectivity index (χ2v) is 5.58. The van der Waals surface area contributed by atoms with Gasteiger partial charge in [-0.3, -0.25) is 0 Å². The molecule has 0 aliphatic carbocycles. The van der Waals surface area contributed by atoms with Gasteiger partial charge in [0.05, 0.1) is 5.01 Å². The van der Waals surface area contributed by atoms with Crippen LogP contribution in [0, 0.1) is 6.92 Å². The van der Waals surface area contributed by atoms with Gasteiger partial charge >= 0.3 is 5.97 Å². The molecule has 1 heterocycles. The molecule has 0 radical (unpaired) electrons. The van der Waals surface area contributed by atoms with Crippen LogP contribution in [0.4, 0.5) is 0 Å². The van der Waals surface area contributed by atoms with Crippen LogP contribution >= 0.6 is 11.3 Å². The van der Waals surface area contributed by atoms with Gasteiger partial charge in [0.2, 0.25) is 0 Å². The predicted molar refractivity (Wildman–Crippen MR) is 46.9 cm³/mol. The maximum Gasteiger partial charge on any atom is 0.348 e. The van der Waals surface area contributed by atoms with Gasteiger partial charge in [-0.15, -0.1) is 11.3 Å². The molecule has 0 aliphatic rings. The summed E-state index contributed by atoms with van der Waals surface area (Å²) in [5, 5.41) is 8.73. The van der Waals surface area contributed by atoms with E-state index in [2.05, 4.69) is 4.98 Å². The van der Waals surface area contributed by atoms with Crippen LogP contribution in [0.5, 0.6) is 0 Å². The van der Waals surface area contributed by atoms with Crippen molar-refractivity contribution in [2.24, 2.45) is 0 Å². The van der Waals surface area contributed by atoms with Crippen molar-refractivity contribution in [2.45, 2.75) is 11.9 Å². The molecule has 0 saturated heterocycles. The number of rotatable bonds is 2. The van der Waals surface area contributed by atoms with Crippen LogP contribution in [0.1, 0.15) is 14.7 Å². The molecule has 0 saturated carbocycles. The van der Waals surface area contributed by atoms with Gasteiger partial charge in [0.25, 0.3) is 0 Å². The fourth-order valence-electron chi connectivity index (χ4n) is 0.794. The average Bonchev–Trinajstić information content (AvgIpc) is 2.29. The standard InChI is InChI=1S/C6H7NO4S2/c1-3-7-5(13(2,10)11)4(12-3)6(8)9/h1-2H3,(H,8,9). The number of carbonyl (C=O) groups is 1. The molecule has 0 aromatic carbocycles. The van der Waals surface area contributed by atoms with Gasteiger partial charge in [-0.05, 0) is 6.92 Å². The second kappa shape index (κ2) is 3.08. The van der Waals surface area contributed by atoms with E-state index in [-0.39, 0.29) is 9.90 Å². The van der Waals surface area contributed by atoms with E-state index in [1.54, 1.807) is 6.92 Å². The number of aryl methyl sites for hydroxylation is 1. The van der Waals surface area contributed by atoms with Gasteiger partial charge in [0.1, 0.15) is 0 Å². The second-order valence-electron chi connectivity index (χ2n) is 2.44. The number of nitrogens with zero attached hydrogens (tertiary/aromatic N) is 1.